The number of aromatic nitrogens is 2. The first-order valence-electron chi connectivity index (χ1n) is 9.71. The summed E-state index contributed by atoms with van der Waals surface area (Å²) in [5.74, 6) is -0.501. The summed E-state index contributed by atoms with van der Waals surface area (Å²) >= 11 is 0. The molecule has 0 saturated carbocycles. The molecule has 0 atom stereocenters. The fourth-order valence-electron chi connectivity index (χ4n) is 3.24. The molecule has 1 fully saturated rings. The van der Waals surface area contributed by atoms with Crippen LogP contribution in [0.4, 0.5) is 11.7 Å². The maximum absolute atomic E-state index is 12.4. The van der Waals surface area contributed by atoms with E-state index in [1.54, 1.807) is 12.1 Å². The van der Waals surface area contributed by atoms with Crippen LogP contribution >= 0.6 is 0 Å². The third kappa shape index (κ3) is 4.12. The number of carbonyl (C=O) groups excluding carboxylic acids is 3. The lowest BCUT2D eigenvalue weighted by molar-refractivity contribution is -0.121. The molecule has 8 nitrogen and oxygen atoms in total. The number of nitrogens with one attached hydrogen (secondary N) is 1. The van der Waals surface area contributed by atoms with Gasteiger partial charge in [0.25, 0.3) is 5.91 Å². The van der Waals surface area contributed by atoms with Crippen molar-refractivity contribution < 1.29 is 18.8 Å². The van der Waals surface area contributed by atoms with Crippen LogP contribution in [-0.4, -0.2) is 27.9 Å². The molecule has 0 spiro atoms. The van der Waals surface area contributed by atoms with Gasteiger partial charge in [-0.15, -0.1) is 5.10 Å². The van der Waals surface area contributed by atoms with Gasteiger partial charge >= 0.3 is 6.01 Å². The molecule has 1 aliphatic heterocycles. The second kappa shape index (κ2) is 8.28. The molecule has 30 heavy (non-hydrogen) atoms. The number of imide groups is 1. The second-order valence-corrected chi connectivity index (χ2v) is 6.97. The molecule has 0 radical (unpaired) electrons. The minimum atomic E-state index is -0.428. The number of hydrogen-bond donors (Lipinski definition) is 1. The predicted octanol–water partition coefficient (Wildman–Crippen LogP) is 3.13. The largest absolute Gasteiger partial charge is 0.407 e. The average Bonchev–Trinajstić information content (AvgIpc) is 3.34. The van der Waals surface area contributed by atoms with Crippen LogP contribution in [0, 0.1) is 0 Å². The molecule has 4 rings (SSSR count). The molecule has 1 N–H and O–H groups in total. The van der Waals surface area contributed by atoms with Gasteiger partial charge < -0.3 is 4.42 Å². The highest BCUT2D eigenvalue weighted by molar-refractivity contribution is 6.20. The van der Waals surface area contributed by atoms with Crippen LogP contribution in [0.15, 0.2) is 52.9 Å². The summed E-state index contributed by atoms with van der Waals surface area (Å²) < 4.78 is 5.52. The number of hydrogen-bond acceptors (Lipinski definition) is 6. The first-order valence-corrected chi connectivity index (χ1v) is 9.71. The maximum Gasteiger partial charge on any atom is 0.322 e. The van der Waals surface area contributed by atoms with Crippen LogP contribution in [0.1, 0.15) is 47.1 Å². The highest BCUT2D eigenvalue weighted by Crippen LogP contribution is 2.23. The Morgan fingerprint density at radius 1 is 0.967 bits per heavy atom. The van der Waals surface area contributed by atoms with Crippen molar-refractivity contribution in [3.05, 3.63) is 71.1 Å². The lowest BCUT2D eigenvalue weighted by Crippen LogP contribution is -2.28. The van der Waals surface area contributed by atoms with Crippen molar-refractivity contribution in [3.63, 3.8) is 0 Å². The summed E-state index contributed by atoms with van der Waals surface area (Å²) in [6, 6.07) is 14.4. The van der Waals surface area contributed by atoms with E-state index in [0.717, 1.165) is 16.9 Å². The molecule has 0 bridgehead atoms. The van der Waals surface area contributed by atoms with Gasteiger partial charge in [0, 0.05) is 18.4 Å². The molecular formula is C22H20N4O4. The van der Waals surface area contributed by atoms with Gasteiger partial charge in [-0.05, 0) is 41.8 Å². The summed E-state index contributed by atoms with van der Waals surface area (Å²) in [4.78, 5) is 37.2. The molecular weight excluding hydrogens is 384 g/mol. The van der Waals surface area contributed by atoms with Crippen molar-refractivity contribution in [2.24, 2.45) is 0 Å². The molecule has 0 aliphatic carbocycles. The van der Waals surface area contributed by atoms with Crippen molar-refractivity contribution in [2.75, 3.05) is 10.2 Å². The number of nitrogens with zero attached hydrogens (tertiary/aromatic N) is 3. The quantitative estimate of drug-likeness (QED) is 0.633. The van der Waals surface area contributed by atoms with E-state index in [-0.39, 0.29) is 30.7 Å². The third-order valence-corrected chi connectivity index (χ3v) is 4.91. The Hall–Kier alpha value is -3.81. The molecule has 2 aromatic carbocycles. The molecule has 1 aromatic heterocycles. The SMILES string of the molecule is CCc1ccc(Cc2nnc(NC(=O)c3ccc(N4C(=O)CCC4=O)cc3)o2)cc1. The van der Waals surface area contributed by atoms with E-state index >= 15 is 0 Å². The van der Waals surface area contributed by atoms with Crippen LogP contribution in [0.25, 0.3) is 0 Å². The minimum absolute atomic E-state index is 0.00848. The second-order valence-electron chi connectivity index (χ2n) is 6.97. The van der Waals surface area contributed by atoms with Gasteiger partial charge in [0.05, 0.1) is 12.1 Å². The molecule has 3 aromatic rings. The molecule has 8 heteroatoms. The van der Waals surface area contributed by atoms with Crippen LogP contribution in [0.2, 0.25) is 0 Å². The molecule has 1 aliphatic rings. The zero-order chi connectivity index (χ0) is 21.1. The van der Waals surface area contributed by atoms with Gasteiger partial charge in [0.2, 0.25) is 17.7 Å². The van der Waals surface area contributed by atoms with Gasteiger partial charge in [0.15, 0.2) is 0 Å². The zero-order valence-corrected chi connectivity index (χ0v) is 16.4. The van der Waals surface area contributed by atoms with Crippen LogP contribution in [0.3, 0.4) is 0 Å². The number of aryl methyl sites for hydroxylation is 1. The number of benzene rings is 2. The van der Waals surface area contributed by atoms with Gasteiger partial charge in [0.1, 0.15) is 0 Å². The maximum atomic E-state index is 12.4. The highest BCUT2D eigenvalue weighted by atomic mass is 16.4. The van der Waals surface area contributed by atoms with Gasteiger partial charge in [-0.25, -0.2) is 0 Å². The molecule has 2 heterocycles. The number of anilines is 2. The van der Waals surface area contributed by atoms with Crippen molar-refractivity contribution in [2.45, 2.75) is 32.6 Å². The fourth-order valence-corrected chi connectivity index (χ4v) is 3.24. The summed E-state index contributed by atoms with van der Waals surface area (Å²) in [6.07, 6.45) is 1.87. The van der Waals surface area contributed by atoms with Crippen LogP contribution in [-0.2, 0) is 22.4 Å². The molecule has 152 valence electrons. The lowest BCUT2D eigenvalue weighted by atomic mass is 10.1. The van der Waals surface area contributed by atoms with Crippen molar-refractivity contribution in [1.29, 1.82) is 0 Å². The van der Waals surface area contributed by atoms with Gasteiger partial charge in [-0.1, -0.05) is 36.3 Å². The minimum Gasteiger partial charge on any atom is -0.407 e. The van der Waals surface area contributed by atoms with Gasteiger partial charge in [-0.3, -0.25) is 24.6 Å². The Labute approximate surface area is 172 Å². The van der Waals surface area contributed by atoms with Crippen molar-refractivity contribution in [3.8, 4) is 0 Å². The van der Waals surface area contributed by atoms with E-state index in [1.807, 2.05) is 12.1 Å². The Kier molecular flexibility index (Phi) is 5.38. The molecule has 3 amide bonds. The Morgan fingerprint density at radius 2 is 1.60 bits per heavy atom. The number of rotatable bonds is 6. The number of amides is 3. The lowest BCUT2D eigenvalue weighted by Gasteiger charge is -2.13. The summed E-state index contributed by atoms with van der Waals surface area (Å²) in [5, 5.41) is 10.4. The summed E-state index contributed by atoms with van der Waals surface area (Å²) in [7, 11) is 0. The summed E-state index contributed by atoms with van der Waals surface area (Å²) in [6.45, 7) is 2.10. The Balaban J connectivity index is 1.39. The normalized spacial score (nSPS) is 13.7. The van der Waals surface area contributed by atoms with E-state index < -0.39 is 5.91 Å². The Morgan fingerprint density at radius 3 is 2.23 bits per heavy atom. The first kappa shape index (κ1) is 19.5. The van der Waals surface area contributed by atoms with Crippen molar-refractivity contribution >= 4 is 29.4 Å². The first-order chi connectivity index (χ1) is 14.5. The van der Waals surface area contributed by atoms with E-state index in [4.69, 9.17) is 4.42 Å². The van der Waals surface area contributed by atoms with Crippen molar-refractivity contribution in [1.82, 2.24) is 10.2 Å². The molecule has 0 unspecified atom stereocenters. The van der Waals surface area contributed by atoms with E-state index in [0.29, 0.717) is 23.6 Å². The predicted molar refractivity (Wildman–Crippen MR) is 109 cm³/mol. The molecule has 1 saturated heterocycles. The standard InChI is InChI=1S/C22H20N4O4/c1-2-14-3-5-15(6-4-14)13-18-24-25-22(30-18)23-21(29)16-7-9-17(10-8-16)26-19(27)11-12-20(26)28/h3-10H,2,11-13H2,1H3,(H,23,25,29). The smallest absolute Gasteiger partial charge is 0.322 e. The highest BCUT2D eigenvalue weighted by Gasteiger charge is 2.30. The Bertz CT molecular complexity index is 1070. The number of carbonyl (C=O) groups is 3. The van der Waals surface area contributed by atoms with Crippen LogP contribution < -0.4 is 10.2 Å². The third-order valence-electron chi connectivity index (χ3n) is 4.91. The monoisotopic (exact) mass is 404 g/mol. The van der Waals surface area contributed by atoms with Crippen LogP contribution in [0.5, 0.6) is 0 Å². The topological polar surface area (TPSA) is 105 Å². The van der Waals surface area contributed by atoms with E-state index in [2.05, 4.69) is 34.6 Å². The zero-order valence-electron chi connectivity index (χ0n) is 16.4. The van der Waals surface area contributed by atoms with E-state index in [9.17, 15) is 14.4 Å². The fraction of sp³-hybridized carbons (Fsp3) is 0.227. The summed E-state index contributed by atoms with van der Waals surface area (Å²) in [5.41, 5.74) is 3.08. The average molecular weight is 404 g/mol. The van der Waals surface area contributed by atoms with Gasteiger partial charge in [-0.2, -0.15) is 0 Å². The van der Waals surface area contributed by atoms with E-state index in [1.165, 1.54) is 17.7 Å².